The van der Waals surface area contributed by atoms with Crippen LogP contribution in [0.5, 0.6) is 0 Å². The number of anilines is 1. The Labute approximate surface area is 94.3 Å². The maximum absolute atomic E-state index is 8.77. The second-order valence-electron chi connectivity index (χ2n) is 3.59. The van der Waals surface area contributed by atoms with E-state index in [0.717, 1.165) is 32.0 Å². The average molecular weight is 221 g/mol. The van der Waals surface area contributed by atoms with Crippen molar-refractivity contribution in [3.8, 4) is 0 Å². The van der Waals surface area contributed by atoms with Gasteiger partial charge in [0.1, 0.15) is 0 Å². The topological polar surface area (TPSA) is 57.6 Å². The van der Waals surface area contributed by atoms with E-state index in [1.165, 1.54) is 0 Å². The van der Waals surface area contributed by atoms with Crippen LogP contribution in [0.25, 0.3) is 5.70 Å². The zero-order valence-corrected chi connectivity index (χ0v) is 9.02. The molecule has 0 unspecified atom stereocenters. The second kappa shape index (κ2) is 4.96. The summed E-state index contributed by atoms with van der Waals surface area (Å²) in [5, 5.41) is 8.77. The Morgan fingerprint density at radius 3 is 2.94 bits per heavy atom. The second-order valence-corrected chi connectivity index (χ2v) is 3.59. The van der Waals surface area contributed by atoms with Gasteiger partial charge in [-0.05, 0) is 12.1 Å². The highest BCUT2D eigenvalue weighted by Crippen LogP contribution is 2.18. The zero-order valence-electron chi connectivity index (χ0n) is 9.02. The van der Waals surface area contributed by atoms with Crippen molar-refractivity contribution in [1.82, 2.24) is 10.5 Å². The Hall–Kier alpha value is -1.59. The molecule has 1 aromatic rings. The number of aromatic nitrogens is 1. The minimum Gasteiger partial charge on any atom is -0.378 e. The summed E-state index contributed by atoms with van der Waals surface area (Å²) in [4.78, 5) is 6.35. The monoisotopic (exact) mass is 221 g/mol. The number of hydrogen-bond donors (Lipinski definition) is 2. The number of morpholine rings is 1. The van der Waals surface area contributed by atoms with Crippen LogP contribution in [0.4, 0.5) is 5.69 Å². The van der Waals surface area contributed by atoms with Gasteiger partial charge in [0.2, 0.25) is 0 Å². The summed E-state index contributed by atoms with van der Waals surface area (Å²) in [6.45, 7) is 6.91. The molecule has 0 saturated carbocycles. The number of nitrogens with one attached hydrogen (secondary N) is 1. The van der Waals surface area contributed by atoms with Crippen LogP contribution in [-0.2, 0) is 4.74 Å². The Kier molecular flexibility index (Phi) is 3.38. The molecular formula is C11H15N3O2. The van der Waals surface area contributed by atoms with Crippen LogP contribution in [0.3, 0.4) is 0 Å². The summed E-state index contributed by atoms with van der Waals surface area (Å²) in [6, 6.07) is 3.84. The van der Waals surface area contributed by atoms with E-state index in [9.17, 15) is 0 Å². The van der Waals surface area contributed by atoms with Crippen molar-refractivity contribution < 1.29 is 9.94 Å². The van der Waals surface area contributed by atoms with Gasteiger partial charge >= 0.3 is 0 Å². The highest BCUT2D eigenvalue weighted by atomic mass is 16.5. The van der Waals surface area contributed by atoms with Crippen molar-refractivity contribution in [3.05, 3.63) is 30.6 Å². The van der Waals surface area contributed by atoms with E-state index in [0.29, 0.717) is 11.4 Å². The predicted molar refractivity (Wildman–Crippen MR) is 61.2 cm³/mol. The molecule has 0 aromatic carbocycles. The SMILES string of the molecule is C=C(NO)c1cc(N2CCOCC2)ccn1. The predicted octanol–water partition coefficient (Wildman–Crippen LogP) is 0.868. The molecule has 1 aliphatic rings. The van der Waals surface area contributed by atoms with Gasteiger partial charge in [0.05, 0.1) is 24.6 Å². The maximum atomic E-state index is 8.77. The van der Waals surface area contributed by atoms with E-state index in [1.807, 2.05) is 17.6 Å². The van der Waals surface area contributed by atoms with E-state index in [1.54, 1.807) is 6.20 Å². The van der Waals surface area contributed by atoms with E-state index in [4.69, 9.17) is 9.94 Å². The molecule has 5 heteroatoms. The van der Waals surface area contributed by atoms with Gasteiger partial charge in [-0.2, -0.15) is 0 Å². The number of hydroxylamine groups is 1. The fraction of sp³-hybridized carbons (Fsp3) is 0.364. The lowest BCUT2D eigenvalue weighted by Gasteiger charge is -2.29. The minimum absolute atomic E-state index is 0.398. The first-order chi connectivity index (χ1) is 7.81. The van der Waals surface area contributed by atoms with Gasteiger partial charge in [0.25, 0.3) is 0 Å². The van der Waals surface area contributed by atoms with E-state index in [2.05, 4.69) is 16.5 Å². The van der Waals surface area contributed by atoms with Gasteiger partial charge in [0, 0.05) is 25.0 Å². The molecule has 0 spiro atoms. The van der Waals surface area contributed by atoms with Gasteiger partial charge in [0.15, 0.2) is 0 Å². The van der Waals surface area contributed by atoms with Crippen molar-refractivity contribution in [2.24, 2.45) is 0 Å². The summed E-state index contributed by atoms with van der Waals surface area (Å²) in [7, 11) is 0. The Bertz CT molecular complexity index is 375. The van der Waals surface area contributed by atoms with Gasteiger partial charge in [-0.3, -0.25) is 15.7 Å². The fourth-order valence-electron chi connectivity index (χ4n) is 1.66. The van der Waals surface area contributed by atoms with Crippen LogP contribution >= 0.6 is 0 Å². The first-order valence-electron chi connectivity index (χ1n) is 5.19. The first-order valence-corrected chi connectivity index (χ1v) is 5.19. The van der Waals surface area contributed by atoms with Crippen molar-refractivity contribution in [2.75, 3.05) is 31.2 Å². The zero-order chi connectivity index (χ0) is 11.4. The molecule has 2 rings (SSSR count). The van der Waals surface area contributed by atoms with Gasteiger partial charge < -0.3 is 9.64 Å². The molecule has 1 aromatic heterocycles. The Morgan fingerprint density at radius 2 is 2.25 bits per heavy atom. The number of hydrogen-bond acceptors (Lipinski definition) is 5. The molecule has 0 radical (unpaired) electrons. The third kappa shape index (κ3) is 2.32. The molecule has 2 N–H and O–H groups in total. The molecule has 1 aliphatic heterocycles. The third-order valence-electron chi connectivity index (χ3n) is 2.56. The highest BCUT2D eigenvalue weighted by Gasteiger charge is 2.12. The molecule has 1 saturated heterocycles. The molecule has 16 heavy (non-hydrogen) atoms. The first kappa shape index (κ1) is 10.9. The van der Waals surface area contributed by atoms with Gasteiger partial charge in [-0.1, -0.05) is 6.58 Å². The molecule has 0 bridgehead atoms. The van der Waals surface area contributed by atoms with Crippen LogP contribution in [-0.4, -0.2) is 36.5 Å². The quantitative estimate of drug-likeness (QED) is 0.742. The van der Waals surface area contributed by atoms with Crippen molar-refractivity contribution in [1.29, 1.82) is 0 Å². The normalized spacial score (nSPS) is 15.9. The lowest BCUT2D eigenvalue weighted by atomic mass is 10.2. The largest absolute Gasteiger partial charge is 0.378 e. The molecule has 1 fully saturated rings. The van der Waals surface area contributed by atoms with Crippen molar-refractivity contribution >= 4 is 11.4 Å². The van der Waals surface area contributed by atoms with Crippen LogP contribution in [0.1, 0.15) is 5.69 Å². The minimum atomic E-state index is 0.398. The summed E-state index contributed by atoms with van der Waals surface area (Å²) in [5.74, 6) is 0. The van der Waals surface area contributed by atoms with Crippen molar-refractivity contribution in [2.45, 2.75) is 0 Å². The van der Waals surface area contributed by atoms with Crippen molar-refractivity contribution in [3.63, 3.8) is 0 Å². The molecule has 0 aliphatic carbocycles. The van der Waals surface area contributed by atoms with E-state index >= 15 is 0 Å². The summed E-state index contributed by atoms with van der Waals surface area (Å²) >= 11 is 0. The maximum Gasteiger partial charge on any atom is 0.0898 e. The van der Waals surface area contributed by atoms with E-state index < -0.39 is 0 Å². The highest BCUT2D eigenvalue weighted by molar-refractivity contribution is 5.62. The third-order valence-corrected chi connectivity index (χ3v) is 2.56. The molecule has 5 nitrogen and oxygen atoms in total. The summed E-state index contributed by atoms with van der Waals surface area (Å²) in [6.07, 6.45) is 1.71. The number of rotatable bonds is 3. The van der Waals surface area contributed by atoms with Crippen LogP contribution in [0.2, 0.25) is 0 Å². The Balaban J connectivity index is 2.17. The molecule has 86 valence electrons. The van der Waals surface area contributed by atoms with Crippen LogP contribution in [0, 0.1) is 0 Å². The molecule has 0 atom stereocenters. The molecule has 2 heterocycles. The smallest absolute Gasteiger partial charge is 0.0898 e. The molecule has 0 amide bonds. The van der Waals surface area contributed by atoms with Gasteiger partial charge in [-0.25, -0.2) is 0 Å². The van der Waals surface area contributed by atoms with E-state index in [-0.39, 0.29) is 0 Å². The summed E-state index contributed by atoms with van der Waals surface area (Å²) in [5.41, 5.74) is 4.13. The number of ether oxygens (including phenoxy) is 1. The lowest BCUT2D eigenvalue weighted by molar-refractivity contribution is 0.122. The van der Waals surface area contributed by atoms with Crippen LogP contribution in [0.15, 0.2) is 24.9 Å². The number of nitrogens with zero attached hydrogens (tertiary/aromatic N) is 2. The Morgan fingerprint density at radius 1 is 1.50 bits per heavy atom. The molecular weight excluding hydrogens is 206 g/mol. The lowest BCUT2D eigenvalue weighted by Crippen LogP contribution is -2.36. The summed E-state index contributed by atoms with van der Waals surface area (Å²) < 4.78 is 5.29. The average Bonchev–Trinajstić information content (AvgIpc) is 2.39. The number of pyridine rings is 1. The van der Waals surface area contributed by atoms with Crippen LogP contribution < -0.4 is 10.4 Å². The fourth-order valence-corrected chi connectivity index (χ4v) is 1.66. The standard InChI is InChI=1S/C11H15N3O2/c1-9(13-15)11-8-10(2-3-12-11)14-4-6-16-7-5-14/h2-3,8,13,15H,1,4-7H2. The van der Waals surface area contributed by atoms with Gasteiger partial charge in [-0.15, -0.1) is 0 Å².